The second-order valence-corrected chi connectivity index (χ2v) is 9.99. The van der Waals surface area contributed by atoms with E-state index in [0.29, 0.717) is 0 Å². The van der Waals surface area contributed by atoms with Gasteiger partial charge in [-0.05, 0) is 51.4 Å². The van der Waals surface area contributed by atoms with Gasteiger partial charge >= 0.3 is 0 Å². The average Bonchev–Trinajstić information content (AvgIpc) is 3.00. The second kappa shape index (κ2) is 7.34. The lowest BCUT2D eigenvalue weighted by Gasteiger charge is -2.14. The van der Waals surface area contributed by atoms with E-state index in [2.05, 4.69) is 14.8 Å². The van der Waals surface area contributed by atoms with Crippen LogP contribution >= 0.6 is 0 Å². The molecule has 1 heterocycles. The summed E-state index contributed by atoms with van der Waals surface area (Å²) in [5, 5.41) is 2.42. The first-order valence-electron chi connectivity index (χ1n) is 7.66. The molecule has 0 amide bonds. The molecule has 1 aliphatic heterocycles. The Balaban J connectivity index is 2.13. The van der Waals surface area contributed by atoms with Gasteiger partial charge in [0.15, 0.2) is 0 Å². The Bertz CT molecular complexity index is 788. The molecule has 136 valence electrons. The van der Waals surface area contributed by atoms with Crippen molar-refractivity contribution >= 4 is 25.7 Å². The number of halogens is 1. The molecule has 1 aliphatic rings. The fraction of sp³-hybridized carbons (Fsp3) is 0.571. The number of anilines is 1. The van der Waals surface area contributed by atoms with Gasteiger partial charge < -0.3 is 5.32 Å². The van der Waals surface area contributed by atoms with E-state index < -0.39 is 31.1 Å². The number of hydrogen-bond donors (Lipinski definition) is 3. The zero-order valence-corrected chi connectivity index (χ0v) is 15.2. The summed E-state index contributed by atoms with van der Waals surface area (Å²) in [7, 11) is -7.56. The van der Waals surface area contributed by atoms with Crippen LogP contribution in [0.2, 0.25) is 0 Å². The largest absolute Gasteiger partial charge is 0.313 e. The average molecular weight is 379 g/mol. The van der Waals surface area contributed by atoms with Crippen LogP contribution in [0.1, 0.15) is 26.7 Å². The molecule has 1 fully saturated rings. The lowest BCUT2D eigenvalue weighted by Crippen LogP contribution is -2.37. The van der Waals surface area contributed by atoms with E-state index >= 15 is 0 Å². The fourth-order valence-corrected chi connectivity index (χ4v) is 4.04. The summed E-state index contributed by atoms with van der Waals surface area (Å²) in [6.45, 7) is 4.00. The highest BCUT2D eigenvalue weighted by atomic mass is 32.2. The van der Waals surface area contributed by atoms with Crippen LogP contribution in [0, 0.1) is 5.82 Å². The van der Waals surface area contributed by atoms with Crippen LogP contribution in [0.5, 0.6) is 0 Å². The van der Waals surface area contributed by atoms with E-state index in [4.69, 9.17) is 0 Å². The maximum absolute atomic E-state index is 14.1. The minimum absolute atomic E-state index is 0.0711. The van der Waals surface area contributed by atoms with Crippen LogP contribution in [0.4, 0.5) is 10.1 Å². The van der Waals surface area contributed by atoms with Gasteiger partial charge in [-0.15, -0.1) is 0 Å². The lowest BCUT2D eigenvalue weighted by molar-refractivity contribution is 0.550. The molecule has 2 rings (SSSR count). The monoisotopic (exact) mass is 379 g/mol. The molecule has 0 radical (unpaired) electrons. The highest BCUT2D eigenvalue weighted by molar-refractivity contribution is 7.93. The van der Waals surface area contributed by atoms with Crippen LogP contribution in [-0.2, 0) is 20.0 Å². The predicted molar refractivity (Wildman–Crippen MR) is 90.3 cm³/mol. The van der Waals surface area contributed by atoms with Gasteiger partial charge in [-0.3, -0.25) is 4.72 Å². The van der Waals surface area contributed by atoms with Crippen molar-refractivity contribution in [3.05, 3.63) is 24.0 Å². The number of sulfonamides is 2. The van der Waals surface area contributed by atoms with Crippen LogP contribution in [0.3, 0.4) is 0 Å². The normalized spacial score (nSPS) is 18.9. The van der Waals surface area contributed by atoms with E-state index in [9.17, 15) is 21.2 Å². The van der Waals surface area contributed by atoms with Crippen molar-refractivity contribution in [3.8, 4) is 0 Å². The van der Waals surface area contributed by atoms with E-state index in [1.807, 2.05) is 0 Å². The minimum atomic E-state index is -3.85. The van der Waals surface area contributed by atoms with Gasteiger partial charge in [0, 0.05) is 12.6 Å². The molecule has 1 saturated heterocycles. The van der Waals surface area contributed by atoms with Gasteiger partial charge in [-0.2, -0.15) is 0 Å². The van der Waals surface area contributed by atoms with Crippen LogP contribution in [-0.4, -0.2) is 41.2 Å². The molecule has 24 heavy (non-hydrogen) atoms. The summed E-state index contributed by atoms with van der Waals surface area (Å²) < 4.78 is 66.6. The van der Waals surface area contributed by atoms with Gasteiger partial charge in [0.2, 0.25) is 20.0 Å². The SMILES string of the molecule is CC(C)S(=O)(=O)Nc1ccc(S(=O)(=O)NCC2CCCN2)cc1F. The molecule has 0 saturated carbocycles. The second-order valence-electron chi connectivity index (χ2n) is 5.98. The molecule has 7 nitrogen and oxygen atoms in total. The number of benzene rings is 1. The lowest BCUT2D eigenvalue weighted by atomic mass is 10.2. The Hall–Kier alpha value is -1.23. The number of nitrogens with one attached hydrogen (secondary N) is 3. The van der Waals surface area contributed by atoms with Gasteiger partial charge in [-0.25, -0.2) is 25.9 Å². The molecule has 0 aromatic heterocycles. The van der Waals surface area contributed by atoms with Gasteiger partial charge in [0.05, 0.1) is 15.8 Å². The molecule has 0 aliphatic carbocycles. The summed E-state index contributed by atoms with van der Waals surface area (Å²) in [6.07, 6.45) is 1.87. The molecule has 1 atom stereocenters. The molecule has 0 spiro atoms. The first-order chi connectivity index (χ1) is 11.1. The van der Waals surface area contributed by atoms with Crippen molar-refractivity contribution in [2.75, 3.05) is 17.8 Å². The zero-order valence-electron chi connectivity index (χ0n) is 13.5. The van der Waals surface area contributed by atoms with Gasteiger partial charge in [-0.1, -0.05) is 0 Å². The molecule has 0 bridgehead atoms. The van der Waals surface area contributed by atoms with Crippen molar-refractivity contribution in [2.45, 2.75) is 42.9 Å². The predicted octanol–water partition coefficient (Wildman–Crippen LogP) is 1.01. The third-order valence-corrected chi connectivity index (χ3v) is 6.97. The fourth-order valence-electron chi connectivity index (χ4n) is 2.24. The highest BCUT2D eigenvalue weighted by Crippen LogP contribution is 2.21. The molecule has 3 N–H and O–H groups in total. The minimum Gasteiger partial charge on any atom is -0.313 e. The number of hydrogen-bond acceptors (Lipinski definition) is 5. The first kappa shape index (κ1) is 19.1. The van der Waals surface area contributed by atoms with Crippen LogP contribution in [0.15, 0.2) is 23.1 Å². The number of rotatable bonds is 7. The van der Waals surface area contributed by atoms with E-state index in [0.717, 1.165) is 31.5 Å². The Labute approximate surface area is 142 Å². The molecule has 10 heteroatoms. The van der Waals surface area contributed by atoms with Crippen molar-refractivity contribution in [2.24, 2.45) is 0 Å². The summed E-state index contributed by atoms with van der Waals surface area (Å²) in [5.41, 5.74) is -0.278. The van der Waals surface area contributed by atoms with Gasteiger partial charge in [0.25, 0.3) is 0 Å². The molecule has 1 aromatic rings. The topological polar surface area (TPSA) is 104 Å². The Morgan fingerprint density at radius 1 is 1.29 bits per heavy atom. The summed E-state index contributed by atoms with van der Waals surface area (Å²) in [6, 6.07) is 3.16. The standard InChI is InChI=1S/C14H22FN3O4S2/c1-10(2)23(19,20)18-14-6-5-12(8-13(14)15)24(21,22)17-9-11-4-3-7-16-11/h5-6,8,10-11,16-18H,3-4,7,9H2,1-2H3. The smallest absolute Gasteiger partial charge is 0.240 e. The van der Waals surface area contributed by atoms with Crippen molar-refractivity contribution in [1.82, 2.24) is 10.0 Å². The molecule has 1 unspecified atom stereocenters. The summed E-state index contributed by atoms with van der Waals surface area (Å²) >= 11 is 0. The maximum atomic E-state index is 14.1. The Morgan fingerprint density at radius 2 is 2.00 bits per heavy atom. The van der Waals surface area contributed by atoms with Crippen LogP contribution < -0.4 is 14.8 Å². The Morgan fingerprint density at radius 3 is 2.54 bits per heavy atom. The van der Waals surface area contributed by atoms with Crippen LogP contribution in [0.25, 0.3) is 0 Å². The van der Waals surface area contributed by atoms with Gasteiger partial charge in [0.1, 0.15) is 5.82 Å². The summed E-state index contributed by atoms with van der Waals surface area (Å²) in [4.78, 5) is -0.245. The first-order valence-corrected chi connectivity index (χ1v) is 10.7. The maximum Gasteiger partial charge on any atom is 0.240 e. The third-order valence-electron chi connectivity index (χ3n) is 3.81. The van der Waals surface area contributed by atoms with Crippen molar-refractivity contribution in [1.29, 1.82) is 0 Å². The Kier molecular flexibility index (Phi) is 5.84. The highest BCUT2D eigenvalue weighted by Gasteiger charge is 2.22. The molecular weight excluding hydrogens is 357 g/mol. The summed E-state index contributed by atoms with van der Waals surface area (Å²) in [5.74, 6) is -0.943. The molecular formula is C14H22FN3O4S2. The van der Waals surface area contributed by atoms with Crippen molar-refractivity contribution < 1.29 is 21.2 Å². The quantitative estimate of drug-likeness (QED) is 0.656. The van der Waals surface area contributed by atoms with E-state index in [-0.39, 0.29) is 23.2 Å². The van der Waals surface area contributed by atoms with E-state index in [1.165, 1.54) is 19.9 Å². The molecule has 1 aromatic carbocycles. The van der Waals surface area contributed by atoms with Crippen molar-refractivity contribution in [3.63, 3.8) is 0 Å². The van der Waals surface area contributed by atoms with E-state index in [1.54, 1.807) is 0 Å². The zero-order chi connectivity index (χ0) is 18.0. The third kappa shape index (κ3) is 4.65.